The standard InChI is InChI=1S/C21H18N2O4/c1-13-8-9-16-14(11-18(24)27-17(16)10-13)12-23-19(25)21(2,22-20(23)26)15-6-4-3-5-7-15/h3-11H,12H2,1-2H3,(H,22,26)/t21-/m0/s1. The summed E-state index contributed by atoms with van der Waals surface area (Å²) < 4.78 is 5.25. The fraction of sp³-hybridized carbons (Fsp3) is 0.190. The van der Waals surface area contributed by atoms with Crippen LogP contribution in [0.25, 0.3) is 11.0 Å². The molecule has 136 valence electrons. The van der Waals surface area contributed by atoms with Gasteiger partial charge in [0.15, 0.2) is 0 Å². The van der Waals surface area contributed by atoms with Crippen molar-refractivity contribution in [1.29, 1.82) is 0 Å². The topological polar surface area (TPSA) is 79.6 Å². The third-order valence-electron chi connectivity index (χ3n) is 4.94. The third kappa shape index (κ3) is 2.79. The van der Waals surface area contributed by atoms with E-state index in [1.54, 1.807) is 25.1 Å². The van der Waals surface area contributed by atoms with Gasteiger partial charge in [0, 0.05) is 11.5 Å². The number of urea groups is 1. The first-order valence-corrected chi connectivity index (χ1v) is 8.61. The predicted molar refractivity (Wildman–Crippen MR) is 100 cm³/mol. The summed E-state index contributed by atoms with van der Waals surface area (Å²) in [5, 5.41) is 3.48. The summed E-state index contributed by atoms with van der Waals surface area (Å²) in [6, 6.07) is 15.4. The molecule has 2 heterocycles. The van der Waals surface area contributed by atoms with Gasteiger partial charge in [-0.25, -0.2) is 9.59 Å². The van der Waals surface area contributed by atoms with Gasteiger partial charge in [-0.2, -0.15) is 0 Å². The van der Waals surface area contributed by atoms with Crippen molar-refractivity contribution >= 4 is 22.9 Å². The maximum Gasteiger partial charge on any atom is 0.336 e. The van der Waals surface area contributed by atoms with Crippen LogP contribution >= 0.6 is 0 Å². The van der Waals surface area contributed by atoms with Crippen molar-refractivity contribution in [3.05, 3.63) is 81.7 Å². The number of hydrogen-bond donors (Lipinski definition) is 1. The number of nitrogens with zero attached hydrogens (tertiary/aromatic N) is 1. The molecule has 0 bridgehead atoms. The van der Waals surface area contributed by atoms with Crippen molar-refractivity contribution in [3.8, 4) is 0 Å². The van der Waals surface area contributed by atoms with Crippen molar-refractivity contribution in [2.24, 2.45) is 0 Å². The monoisotopic (exact) mass is 362 g/mol. The largest absolute Gasteiger partial charge is 0.423 e. The van der Waals surface area contributed by atoms with Crippen LogP contribution < -0.4 is 10.9 Å². The molecular weight excluding hydrogens is 344 g/mol. The fourth-order valence-corrected chi connectivity index (χ4v) is 3.45. The molecule has 1 aromatic heterocycles. The first-order valence-electron chi connectivity index (χ1n) is 8.61. The number of carbonyl (C=O) groups is 2. The van der Waals surface area contributed by atoms with Gasteiger partial charge in [0.25, 0.3) is 5.91 Å². The van der Waals surface area contributed by atoms with E-state index < -0.39 is 17.2 Å². The van der Waals surface area contributed by atoms with E-state index in [0.29, 0.717) is 22.1 Å². The summed E-state index contributed by atoms with van der Waals surface area (Å²) in [7, 11) is 0. The number of hydrogen-bond acceptors (Lipinski definition) is 4. The highest BCUT2D eigenvalue weighted by Crippen LogP contribution is 2.30. The summed E-state index contributed by atoms with van der Waals surface area (Å²) in [5.74, 6) is -0.354. The van der Waals surface area contributed by atoms with Gasteiger partial charge in [0.05, 0.1) is 6.54 Å². The molecule has 1 fully saturated rings. The van der Waals surface area contributed by atoms with Gasteiger partial charge in [-0.1, -0.05) is 42.5 Å². The zero-order valence-corrected chi connectivity index (χ0v) is 15.0. The molecule has 27 heavy (non-hydrogen) atoms. The minimum absolute atomic E-state index is 0.00173. The summed E-state index contributed by atoms with van der Waals surface area (Å²) in [4.78, 5) is 38.7. The number of aryl methyl sites for hydroxylation is 1. The van der Waals surface area contributed by atoms with E-state index in [-0.39, 0.29) is 12.5 Å². The predicted octanol–water partition coefficient (Wildman–Crippen LogP) is 3.07. The molecule has 6 heteroatoms. The molecule has 0 unspecified atom stereocenters. The Hall–Kier alpha value is -3.41. The number of benzene rings is 2. The van der Waals surface area contributed by atoms with Crippen LogP contribution in [0.1, 0.15) is 23.6 Å². The van der Waals surface area contributed by atoms with E-state index in [2.05, 4.69) is 5.32 Å². The van der Waals surface area contributed by atoms with E-state index >= 15 is 0 Å². The fourth-order valence-electron chi connectivity index (χ4n) is 3.45. The number of amides is 3. The Morgan fingerprint density at radius 3 is 2.52 bits per heavy atom. The zero-order valence-electron chi connectivity index (χ0n) is 15.0. The molecule has 3 aromatic rings. The summed E-state index contributed by atoms with van der Waals surface area (Å²) in [5.41, 5.74) is 1.02. The minimum Gasteiger partial charge on any atom is -0.423 e. The van der Waals surface area contributed by atoms with Crippen LogP contribution in [0, 0.1) is 6.92 Å². The van der Waals surface area contributed by atoms with Gasteiger partial charge in [-0.05, 0) is 36.6 Å². The normalized spacial score (nSPS) is 19.6. The van der Waals surface area contributed by atoms with Crippen molar-refractivity contribution in [2.75, 3.05) is 0 Å². The Labute approximate surface area is 155 Å². The van der Waals surface area contributed by atoms with E-state index in [1.807, 2.05) is 37.3 Å². The number of imide groups is 1. The first kappa shape index (κ1) is 17.0. The molecule has 0 aliphatic carbocycles. The lowest BCUT2D eigenvalue weighted by Crippen LogP contribution is -2.40. The number of nitrogens with one attached hydrogen (secondary N) is 1. The highest BCUT2D eigenvalue weighted by Gasteiger charge is 2.48. The van der Waals surface area contributed by atoms with Crippen LogP contribution in [0.15, 0.2) is 63.8 Å². The van der Waals surface area contributed by atoms with E-state index in [1.165, 1.54) is 6.07 Å². The van der Waals surface area contributed by atoms with Crippen LogP contribution in [0.4, 0.5) is 4.79 Å². The molecule has 0 radical (unpaired) electrons. The molecule has 1 saturated heterocycles. The van der Waals surface area contributed by atoms with Gasteiger partial charge in [-0.3, -0.25) is 9.69 Å². The number of carbonyl (C=O) groups excluding carboxylic acids is 2. The average molecular weight is 362 g/mol. The van der Waals surface area contributed by atoms with Gasteiger partial charge < -0.3 is 9.73 Å². The van der Waals surface area contributed by atoms with Gasteiger partial charge in [0.2, 0.25) is 0 Å². The minimum atomic E-state index is -1.13. The number of fused-ring (bicyclic) bond motifs is 1. The van der Waals surface area contributed by atoms with Gasteiger partial charge >= 0.3 is 11.7 Å². The van der Waals surface area contributed by atoms with E-state index in [9.17, 15) is 14.4 Å². The first-order chi connectivity index (χ1) is 12.9. The lowest BCUT2D eigenvalue weighted by Gasteiger charge is -2.22. The summed E-state index contributed by atoms with van der Waals surface area (Å²) in [6.45, 7) is 3.58. The number of rotatable bonds is 3. The molecule has 1 atom stereocenters. The quantitative estimate of drug-likeness (QED) is 0.574. The van der Waals surface area contributed by atoms with Gasteiger partial charge in [-0.15, -0.1) is 0 Å². The second-order valence-corrected chi connectivity index (χ2v) is 6.90. The maximum absolute atomic E-state index is 13.1. The lowest BCUT2D eigenvalue weighted by atomic mass is 9.92. The van der Waals surface area contributed by atoms with E-state index in [0.717, 1.165) is 10.5 Å². The van der Waals surface area contributed by atoms with Crippen LogP contribution in [0.5, 0.6) is 0 Å². The van der Waals surface area contributed by atoms with Crippen LogP contribution in [-0.2, 0) is 16.9 Å². The van der Waals surface area contributed by atoms with Crippen molar-refractivity contribution in [1.82, 2.24) is 10.2 Å². The third-order valence-corrected chi connectivity index (χ3v) is 4.94. The van der Waals surface area contributed by atoms with Gasteiger partial charge in [0.1, 0.15) is 11.1 Å². The summed E-state index contributed by atoms with van der Waals surface area (Å²) >= 11 is 0. The average Bonchev–Trinajstić information content (AvgIpc) is 2.86. The molecule has 2 aromatic carbocycles. The van der Waals surface area contributed by atoms with Crippen molar-refractivity contribution in [2.45, 2.75) is 25.9 Å². The Balaban J connectivity index is 1.74. The SMILES string of the molecule is Cc1ccc2c(CN3C(=O)N[C@@](C)(c4ccccc4)C3=O)cc(=O)oc2c1. The molecule has 6 nitrogen and oxygen atoms in total. The van der Waals surface area contributed by atoms with Crippen molar-refractivity contribution < 1.29 is 14.0 Å². The lowest BCUT2D eigenvalue weighted by molar-refractivity contribution is -0.131. The second kappa shape index (κ2) is 6.09. The molecular formula is C21H18N2O4. The molecule has 0 spiro atoms. The second-order valence-electron chi connectivity index (χ2n) is 6.90. The molecule has 4 rings (SSSR count). The van der Waals surface area contributed by atoms with Crippen molar-refractivity contribution in [3.63, 3.8) is 0 Å². The molecule has 1 aliphatic rings. The van der Waals surface area contributed by atoms with Crippen LogP contribution in [0.3, 0.4) is 0 Å². The zero-order chi connectivity index (χ0) is 19.2. The Bertz CT molecular complexity index is 1120. The smallest absolute Gasteiger partial charge is 0.336 e. The molecule has 1 N–H and O–H groups in total. The Morgan fingerprint density at radius 1 is 1.04 bits per heavy atom. The highest BCUT2D eigenvalue weighted by atomic mass is 16.4. The summed E-state index contributed by atoms with van der Waals surface area (Å²) in [6.07, 6.45) is 0. The van der Waals surface area contributed by atoms with E-state index in [4.69, 9.17) is 4.42 Å². The molecule has 0 saturated carbocycles. The molecule has 3 amide bonds. The highest BCUT2D eigenvalue weighted by molar-refractivity contribution is 6.07. The molecule has 1 aliphatic heterocycles. The van der Waals surface area contributed by atoms with Crippen LogP contribution in [0.2, 0.25) is 0 Å². The Morgan fingerprint density at radius 2 is 1.78 bits per heavy atom. The maximum atomic E-state index is 13.1. The van der Waals surface area contributed by atoms with Crippen LogP contribution in [-0.4, -0.2) is 16.8 Å². The Kier molecular flexibility index (Phi) is 3.84.